The van der Waals surface area contributed by atoms with Gasteiger partial charge in [0.15, 0.2) is 0 Å². The summed E-state index contributed by atoms with van der Waals surface area (Å²) in [4.78, 5) is 1.92. The van der Waals surface area contributed by atoms with Crippen LogP contribution in [-0.2, 0) is 0 Å². The Bertz CT molecular complexity index is 218. The lowest BCUT2D eigenvalue weighted by atomic mass is 9.93. The normalized spacial score (nSPS) is 21.5. The second kappa shape index (κ2) is 16.1. The Labute approximate surface area is 147 Å². The average Bonchev–Trinajstić information content (AvgIpc) is 2.50. The van der Waals surface area contributed by atoms with Crippen molar-refractivity contribution in [2.75, 3.05) is 19.6 Å². The number of quaternary nitrogens is 1. The van der Waals surface area contributed by atoms with Gasteiger partial charge in [-0.1, -0.05) is 71.6 Å². The van der Waals surface area contributed by atoms with E-state index in [1.807, 2.05) is 4.90 Å². The van der Waals surface area contributed by atoms with Crippen molar-refractivity contribution in [2.24, 2.45) is 5.92 Å². The van der Waals surface area contributed by atoms with Gasteiger partial charge in [-0.2, -0.15) is 0 Å². The molecule has 1 saturated heterocycles. The van der Waals surface area contributed by atoms with Crippen LogP contribution in [0.15, 0.2) is 0 Å². The van der Waals surface area contributed by atoms with Crippen molar-refractivity contribution in [3.8, 4) is 0 Å². The Morgan fingerprint density at radius 2 is 1.36 bits per heavy atom. The third kappa shape index (κ3) is 11.8. The van der Waals surface area contributed by atoms with Crippen LogP contribution >= 0.6 is 0 Å². The fraction of sp³-hybridized carbons (Fsp3) is 1.00. The zero-order valence-corrected chi connectivity index (χ0v) is 16.2. The fourth-order valence-electron chi connectivity index (χ4n) is 4.00. The van der Waals surface area contributed by atoms with Gasteiger partial charge in [-0.3, -0.25) is 0 Å². The molecular formula is C20H42ClN. The molecule has 2 atom stereocenters. The summed E-state index contributed by atoms with van der Waals surface area (Å²) < 4.78 is 0. The van der Waals surface area contributed by atoms with Crippen LogP contribution in [0.5, 0.6) is 0 Å². The zero-order valence-electron chi connectivity index (χ0n) is 15.5. The van der Waals surface area contributed by atoms with Crippen molar-refractivity contribution in [3.05, 3.63) is 0 Å². The first-order valence-electron chi connectivity index (χ1n) is 10.2. The van der Waals surface area contributed by atoms with E-state index in [-0.39, 0.29) is 12.4 Å². The number of nitrogens with one attached hydrogen (secondary N) is 1. The Balaban J connectivity index is 0.00000441. The smallest absolute Gasteiger partial charge is 0.0799 e. The molecule has 22 heavy (non-hydrogen) atoms. The lowest BCUT2D eigenvalue weighted by Crippen LogP contribution is -3.13. The number of unbranched alkanes of at least 4 members (excludes halogenated alkanes) is 9. The summed E-state index contributed by atoms with van der Waals surface area (Å²) in [6.07, 6.45) is 20.5. The maximum absolute atomic E-state index is 2.34. The van der Waals surface area contributed by atoms with E-state index in [9.17, 15) is 0 Å². The van der Waals surface area contributed by atoms with Crippen molar-refractivity contribution in [2.45, 2.75) is 104 Å². The van der Waals surface area contributed by atoms with Crippen LogP contribution in [0, 0.1) is 5.92 Å². The zero-order chi connectivity index (χ0) is 15.2. The minimum atomic E-state index is 0. The number of hydrogen-bond donors (Lipinski definition) is 1. The highest BCUT2D eigenvalue weighted by Gasteiger charge is 2.21. The summed E-state index contributed by atoms with van der Waals surface area (Å²) in [5, 5.41) is 0. The second-order valence-electron chi connectivity index (χ2n) is 7.43. The number of halogens is 1. The summed E-state index contributed by atoms with van der Waals surface area (Å²) >= 11 is 0. The van der Waals surface area contributed by atoms with Gasteiger partial charge in [-0.15, -0.1) is 0 Å². The lowest BCUT2D eigenvalue weighted by molar-refractivity contribution is -0.909. The van der Waals surface area contributed by atoms with Crippen molar-refractivity contribution < 1.29 is 17.3 Å². The molecule has 1 fully saturated rings. The number of hydrogen-bond acceptors (Lipinski definition) is 0. The molecule has 1 nitrogen and oxygen atoms in total. The molecular weight excluding hydrogens is 290 g/mol. The SMILES string of the molecule is CCCCCCCCCCCC[NH+]1CCCC(CCC)C1.[Cl-]. The van der Waals surface area contributed by atoms with Crippen molar-refractivity contribution in [1.29, 1.82) is 0 Å². The van der Waals surface area contributed by atoms with Gasteiger partial charge in [0.1, 0.15) is 0 Å². The number of piperidine rings is 1. The largest absolute Gasteiger partial charge is 1.00 e. The lowest BCUT2D eigenvalue weighted by Gasteiger charge is -2.29. The van der Waals surface area contributed by atoms with Gasteiger partial charge in [0, 0.05) is 5.92 Å². The maximum Gasteiger partial charge on any atom is 0.0799 e. The van der Waals surface area contributed by atoms with E-state index in [0.717, 1.165) is 5.92 Å². The molecule has 0 aromatic carbocycles. The summed E-state index contributed by atoms with van der Waals surface area (Å²) in [6, 6.07) is 0. The van der Waals surface area contributed by atoms with Crippen LogP contribution in [0.4, 0.5) is 0 Å². The van der Waals surface area contributed by atoms with Crippen molar-refractivity contribution in [3.63, 3.8) is 0 Å². The van der Waals surface area contributed by atoms with E-state index in [2.05, 4.69) is 13.8 Å². The van der Waals surface area contributed by atoms with E-state index in [0.29, 0.717) is 0 Å². The monoisotopic (exact) mass is 331 g/mol. The molecule has 2 heteroatoms. The van der Waals surface area contributed by atoms with Crippen LogP contribution in [-0.4, -0.2) is 19.6 Å². The van der Waals surface area contributed by atoms with E-state index in [1.165, 1.54) is 110 Å². The average molecular weight is 332 g/mol. The predicted molar refractivity (Wildman–Crippen MR) is 95.0 cm³/mol. The minimum absolute atomic E-state index is 0. The van der Waals surface area contributed by atoms with Crippen LogP contribution in [0.3, 0.4) is 0 Å². The van der Waals surface area contributed by atoms with Gasteiger partial charge in [-0.25, -0.2) is 0 Å². The van der Waals surface area contributed by atoms with Crippen molar-refractivity contribution >= 4 is 0 Å². The van der Waals surface area contributed by atoms with Gasteiger partial charge in [0.2, 0.25) is 0 Å². The molecule has 2 unspecified atom stereocenters. The summed E-state index contributed by atoms with van der Waals surface area (Å²) in [7, 11) is 0. The predicted octanol–water partition coefficient (Wildman–Crippen LogP) is 2.01. The van der Waals surface area contributed by atoms with E-state index >= 15 is 0 Å². The topological polar surface area (TPSA) is 4.44 Å². The highest BCUT2D eigenvalue weighted by atomic mass is 35.5. The molecule has 134 valence electrons. The summed E-state index contributed by atoms with van der Waals surface area (Å²) in [5.74, 6) is 1.04. The van der Waals surface area contributed by atoms with Crippen LogP contribution in [0.25, 0.3) is 0 Å². The third-order valence-corrected chi connectivity index (χ3v) is 5.30. The van der Waals surface area contributed by atoms with Gasteiger partial charge < -0.3 is 17.3 Å². The number of likely N-dealkylation sites (tertiary alicyclic amines) is 1. The molecule has 0 radical (unpaired) electrons. The molecule has 0 saturated carbocycles. The molecule has 0 spiro atoms. The van der Waals surface area contributed by atoms with Crippen LogP contribution in [0.1, 0.15) is 104 Å². The first-order chi connectivity index (χ1) is 10.4. The van der Waals surface area contributed by atoms with Crippen molar-refractivity contribution in [1.82, 2.24) is 0 Å². The molecule has 0 aromatic rings. The van der Waals surface area contributed by atoms with Crippen LogP contribution in [0.2, 0.25) is 0 Å². The summed E-state index contributed by atoms with van der Waals surface area (Å²) in [6.45, 7) is 9.03. The Kier molecular flexibility index (Phi) is 16.3. The highest BCUT2D eigenvalue weighted by molar-refractivity contribution is 4.61. The van der Waals surface area contributed by atoms with Gasteiger partial charge in [-0.05, 0) is 32.1 Å². The van der Waals surface area contributed by atoms with E-state index in [4.69, 9.17) is 0 Å². The van der Waals surface area contributed by atoms with E-state index in [1.54, 1.807) is 0 Å². The standard InChI is InChI=1S/C20H41N.ClH/c1-3-5-6-7-8-9-10-11-12-13-17-21-18-14-16-20(19-21)15-4-2;/h20H,3-19H2,1-2H3;1H. The quantitative estimate of drug-likeness (QED) is 0.492. The molecule has 0 aromatic heterocycles. The van der Waals surface area contributed by atoms with Gasteiger partial charge in [0.05, 0.1) is 19.6 Å². The molecule has 1 aliphatic rings. The second-order valence-corrected chi connectivity index (χ2v) is 7.43. The fourth-order valence-corrected chi connectivity index (χ4v) is 4.00. The molecule has 1 rings (SSSR count). The van der Waals surface area contributed by atoms with Gasteiger partial charge in [0.25, 0.3) is 0 Å². The molecule has 0 aliphatic carbocycles. The minimum Gasteiger partial charge on any atom is -1.00 e. The van der Waals surface area contributed by atoms with Gasteiger partial charge >= 0.3 is 0 Å². The van der Waals surface area contributed by atoms with E-state index < -0.39 is 0 Å². The molecule has 0 bridgehead atoms. The number of rotatable bonds is 13. The molecule has 0 amide bonds. The first kappa shape index (κ1) is 22.2. The molecule has 1 N–H and O–H groups in total. The first-order valence-corrected chi connectivity index (χ1v) is 10.2. The molecule has 1 aliphatic heterocycles. The Hall–Kier alpha value is 0.250. The van der Waals surface area contributed by atoms with Crippen LogP contribution < -0.4 is 17.3 Å². The highest BCUT2D eigenvalue weighted by Crippen LogP contribution is 2.14. The third-order valence-electron chi connectivity index (χ3n) is 5.30. The molecule has 1 heterocycles. The Morgan fingerprint density at radius 3 is 1.95 bits per heavy atom. The maximum atomic E-state index is 2.34. The Morgan fingerprint density at radius 1 is 0.773 bits per heavy atom. The summed E-state index contributed by atoms with van der Waals surface area (Å²) in [5.41, 5.74) is 0.